The Morgan fingerprint density at radius 1 is 1.56 bits per heavy atom. The highest BCUT2D eigenvalue weighted by Crippen LogP contribution is 2.21. The summed E-state index contributed by atoms with van der Waals surface area (Å²) in [5, 5.41) is 11.8. The van der Waals surface area contributed by atoms with Gasteiger partial charge in [-0.15, -0.1) is 0 Å². The molecule has 0 saturated carbocycles. The van der Waals surface area contributed by atoms with Gasteiger partial charge in [0.2, 0.25) is 5.91 Å². The summed E-state index contributed by atoms with van der Waals surface area (Å²) in [5.74, 6) is -0.787. The lowest BCUT2D eigenvalue weighted by molar-refractivity contribution is -0.126. The maximum Gasteiger partial charge on any atom is 0.240 e. The van der Waals surface area contributed by atoms with Gasteiger partial charge in [0.1, 0.15) is 11.2 Å². The second kappa shape index (κ2) is 5.36. The van der Waals surface area contributed by atoms with Crippen LogP contribution in [0.5, 0.6) is 0 Å². The smallest absolute Gasteiger partial charge is 0.240 e. The first kappa shape index (κ1) is 14.5. The standard InChI is InChI=1S/C13H14ClFN2O/c1-8-4-10(14)9(5-11(8)15)6-17-12(18)13(2,3)7-16/h4-5H,6H2,1-3H3,(H,17,18). The van der Waals surface area contributed by atoms with Gasteiger partial charge in [-0.1, -0.05) is 11.6 Å². The highest BCUT2D eigenvalue weighted by molar-refractivity contribution is 6.31. The Labute approximate surface area is 111 Å². The Bertz CT molecular complexity index is 520. The summed E-state index contributed by atoms with van der Waals surface area (Å²) in [6.07, 6.45) is 0. The molecule has 0 radical (unpaired) electrons. The predicted molar refractivity (Wildman–Crippen MR) is 67.4 cm³/mol. The molecule has 0 bridgehead atoms. The molecule has 1 amide bonds. The lowest BCUT2D eigenvalue weighted by Gasteiger charge is -2.15. The van der Waals surface area contributed by atoms with Crippen LogP contribution in [0.15, 0.2) is 12.1 Å². The molecule has 1 rings (SSSR count). The molecule has 0 aliphatic heterocycles. The van der Waals surface area contributed by atoms with Crippen LogP contribution < -0.4 is 5.32 Å². The fraction of sp³-hybridized carbons (Fsp3) is 0.385. The van der Waals surface area contributed by atoms with Crippen molar-refractivity contribution in [3.63, 3.8) is 0 Å². The van der Waals surface area contributed by atoms with Crippen molar-refractivity contribution in [3.8, 4) is 6.07 Å². The van der Waals surface area contributed by atoms with Crippen molar-refractivity contribution >= 4 is 17.5 Å². The summed E-state index contributed by atoms with van der Waals surface area (Å²) in [7, 11) is 0. The van der Waals surface area contributed by atoms with Crippen molar-refractivity contribution in [1.82, 2.24) is 5.32 Å². The van der Waals surface area contributed by atoms with Crippen LogP contribution in [-0.2, 0) is 11.3 Å². The first-order valence-corrected chi connectivity index (χ1v) is 5.80. The van der Waals surface area contributed by atoms with Gasteiger partial charge in [0.05, 0.1) is 6.07 Å². The van der Waals surface area contributed by atoms with Gasteiger partial charge < -0.3 is 5.32 Å². The maximum atomic E-state index is 13.4. The third-order valence-corrected chi connectivity index (χ3v) is 2.97. The van der Waals surface area contributed by atoms with Gasteiger partial charge in [-0.05, 0) is 44.0 Å². The van der Waals surface area contributed by atoms with E-state index in [9.17, 15) is 9.18 Å². The summed E-state index contributed by atoms with van der Waals surface area (Å²) in [5.41, 5.74) is -0.176. The van der Waals surface area contributed by atoms with Crippen LogP contribution in [0.1, 0.15) is 25.0 Å². The second-order valence-corrected chi connectivity index (χ2v) is 5.02. The SMILES string of the molecule is Cc1cc(Cl)c(CNC(=O)C(C)(C)C#N)cc1F. The number of rotatable bonds is 3. The van der Waals surface area contributed by atoms with E-state index in [-0.39, 0.29) is 12.4 Å². The number of benzene rings is 1. The van der Waals surface area contributed by atoms with Gasteiger partial charge in [0, 0.05) is 11.6 Å². The number of hydrogen-bond acceptors (Lipinski definition) is 2. The Kier molecular flexibility index (Phi) is 4.31. The Balaban J connectivity index is 2.80. The number of aryl methyl sites for hydroxylation is 1. The minimum absolute atomic E-state index is 0.0972. The molecule has 0 unspecified atom stereocenters. The molecule has 0 fully saturated rings. The van der Waals surface area contributed by atoms with E-state index >= 15 is 0 Å². The van der Waals surface area contributed by atoms with Crippen LogP contribution in [-0.4, -0.2) is 5.91 Å². The van der Waals surface area contributed by atoms with E-state index in [4.69, 9.17) is 16.9 Å². The molecule has 96 valence electrons. The maximum absolute atomic E-state index is 13.4. The Morgan fingerprint density at radius 2 is 2.17 bits per heavy atom. The van der Waals surface area contributed by atoms with E-state index in [1.807, 2.05) is 6.07 Å². The van der Waals surface area contributed by atoms with Crippen molar-refractivity contribution in [3.05, 3.63) is 34.1 Å². The molecule has 0 spiro atoms. The third-order valence-electron chi connectivity index (χ3n) is 2.61. The number of nitrogens with zero attached hydrogens (tertiary/aromatic N) is 1. The van der Waals surface area contributed by atoms with Crippen LogP contribution in [0.3, 0.4) is 0 Å². The van der Waals surface area contributed by atoms with Gasteiger partial charge in [0.25, 0.3) is 0 Å². The molecule has 0 aromatic heterocycles. The number of nitrogens with one attached hydrogen (secondary N) is 1. The highest BCUT2D eigenvalue weighted by Gasteiger charge is 2.26. The first-order valence-electron chi connectivity index (χ1n) is 5.42. The molecular formula is C13H14ClFN2O. The van der Waals surface area contributed by atoms with Gasteiger partial charge in [-0.3, -0.25) is 4.79 Å². The number of carbonyl (C=O) groups is 1. The topological polar surface area (TPSA) is 52.9 Å². The molecule has 1 N–H and O–H groups in total. The average Bonchev–Trinajstić information content (AvgIpc) is 2.31. The van der Waals surface area contributed by atoms with Crippen molar-refractivity contribution in [1.29, 1.82) is 5.26 Å². The summed E-state index contributed by atoms with van der Waals surface area (Å²) in [6, 6.07) is 4.69. The van der Waals surface area contributed by atoms with E-state index in [1.165, 1.54) is 26.0 Å². The van der Waals surface area contributed by atoms with E-state index < -0.39 is 11.3 Å². The zero-order chi connectivity index (χ0) is 13.9. The zero-order valence-corrected chi connectivity index (χ0v) is 11.2. The number of carbonyl (C=O) groups excluding carboxylic acids is 1. The number of hydrogen-bond donors (Lipinski definition) is 1. The van der Waals surface area contributed by atoms with Crippen LogP contribution in [0, 0.1) is 29.5 Å². The van der Waals surface area contributed by atoms with Gasteiger partial charge in [0.15, 0.2) is 0 Å². The van der Waals surface area contributed by atoms with Gasteiger partial charge >= 0.3 is 0 Å². The van der Waals surface area contributed by atoms with Crippen LogP contribution in [0.4, 0.5) is 4.39 Å². The molecule has 0 atom stereocenters. The fourth-order valence-electron chi connectivity index (χ4n) is 1.27. The summed E-state index contributed by atoms with van der Waals surface area (Å²) in [4.78, 5) is 11.7. The average molecular weight is 269 g/mol. The van der Waals surface area contributed by atoms with Crippen LogP contribution in [0.2, 0.25) is 5.02 Å². The van der Waals surface area contributed by atoms with Gasteiger partial charge in [-0.2, -0.15) is 5.26 Å². The third kappa shape index (κ3) is 3.21. The molecule has 1 aromatic rings. The predicted octanol–water partition coefficient (Wildman–Crippen LogP) is 2.95. The van der Waals surface area contributed by atoms with Crippen LogP contribution >= 0.6 is 11.6 Å². The molecule has 5 heteroatoms. The number of amides is 1. The summed E-state index contributed by atoms with van der Waals surface area (Å²) >= 11 is 5.95. The Hall–Kier alpha value is -1.60. The van der Waals surface area contributed by atoms with E-state index in [0.29, 0.717) is 16.1 Å². The van der Waals surface area contributed by atoms with Gasteiger partial charge in [-0.25, -0.2) is 4.39 Å². The summed E-state index contributed by atoms with van der Waals surface area (Å²) in [6.45, 7) is 4.74. The largest absolute Gasteiger partial charge is 0.351 e. The van der Waals surface area contributed by atoms with Crippen molar-refractivity contribution in [2.24, 2.45) is 5.41 Å². The normalized spacial score (nSPS) is 10.9. The van der Waals surface area contributed by atoms with Crippen LogP contribution in [0.25, 0.3) is 0 Å². The lowest BCUT2D eigenvalue weighted by atomic mass is 9.94. The number of nitriles is 1. The van der Waals surface area contributed by atoms with Crippen molar-refractivity contribution in [2.45, 2.75) is 27.3 Å². The van der Waals surface area contributed by atoms with Crippen molar-refractivity contribution < 1.29 is 9.18 Å². The van der Waals surface area contributed by atoms with Crippen molar-refractivity contribution in [2.75, 3.05) is 0 Å². The minimum atomic E-state index is -1.12. The quantitative estimate of drug-likeness (QED) is 0.916. The molecule has 18 heavy (non-hydrogen) atoms. The molecule has 0 aliphatic carbocycles. The molecule has 1 aromatic carbocycles. The molecule has 0 saturated heterocycles. The number of halogens is 2. The lowest BCUT2D eigenvalue weighted by Crippen LogP contribution is -2.35. The first-order chi connectivity index (χ1) is 8.27. The fourth-order valence-corrected chi connectivity index (χ4v) is 1.56. The van der Waals surface area contributed by atoms with E-state index in [0.717, 1.165) is 0 Å². The molecule has 0 heterocycles. The molecule has 3 nitrogen and oxygen atoms in total. The second-order valence-electron chi connectivity index (χ2n) is 4.61. The minimum Gasteiger partial charge on any atom is -0.351 e. The molecular weight excluding hydrogens is 255 g/mol. The summed E-state index contributed by atoms with van der Waals surface area (Å²) < 4.78 is 13.4. The highest BCUT2D eigenvalue weighted by atomic mass is 35.5. The monoisotopic (exact) mass is 268 g/mol. The van der Waals surface area contributed by atoms with E-state index in [2.05, 4.69) is 5.32 Å². The van der Waals surface area contributed by atoms with E-state index in [1.54, 1.807) is 6.92 Å². The Morgan fingerprint density at radius 3 is 2.72 bits per heavy atom. The zero-order valence-electron chi connectivity index (χ0n) is 10.5. The molecule has 0 aliphatic rings.